The lowest BCUT2D eigenvalue weighted by Crippen LogP contribution is -2.13. The molecular weight excluding hydrogens is 136 g/mol. The first kappa shape index (κ1) is 7.58. The first-order chi connectivity index (χ1) is 4.72. The van der Waals surface area contributed by atoms with Gasteiger partial charge in [-0.1, -0.05) is 32.5 Å². The van der Waals surface area contributed by atoms with Crippen LogP contribution in [0.4, 0.5) is 0 Å². The summed E-state index contributed by atoms with van der Waals surface area (Å²) in [7, 11) is -0.297. The SMILES string of the molecule is CC(C)[Si](C)C1=C=CC=C1. The zero-order valence-corrected chi connectivity index (χ0v) is 7.81. The van der Waals surface area contributed by atoms with Crippen molar-refractivity contribution in [3.8, 4) is 0 Å². The van der Waals surface area contributed by atoms with E-state index in [9.17, 15) is 0 Å². The molecule has 53 valence electrons. The summed E-state index contributed by atoms with van der Waals surface area (Å²) >= 11 is 0. The van der Waals surface area contributed by atoms with E-state index in [2.05, 4.69) is 38.3 Å². The monoisotopic (exact) mass is 149 g/mol. The van der Waals surface area contributed by atoms with Gasteiger partial charge in [0.25, 0.3) is 0 Å². The smallest absolute Gasteiger partial charge is 0.0956 e. The molecule has 0 aliphatic heterocycles. The molecule has 1 aliphatic rings. The Morgan fingerprint density at radius 1 is 1.50 bits per heavy atom. The van der Waals surface area contributed by atoms with Crippen molar-refractivity contribution < 1.29 is 0 Å². The van der Waals surface area contributed by atoms with Crippen molar-refractivity contribution in [1.29, 1.82) is 0 Å². The van der Waals surface area contributed by atoms with Gasteiger partial charge in [-0.15, -0.1) is 5.73 Å². The van der Waals surface area contributed by atoms with Crippen LogP contribution in [0.1, 0.15) is 13.8 Å². The van der Waals surface area contributed by atoms with Crippen molar-refractivity contribution in [2.45, 2.75) is 25.9 Å². The van der Waals surface area contributed by atoms with Crippen molar-refractivity contribution in [1.82, 2.24) is 0 Å². The minimum atomic E-state index is -0.297. The Kier molecular flexibility index (Phi) is 2.31. The fourth-order valence-corrected chi connectivity index (χ4v) is 2.18. The lowest BCUT2D eigenvalue weighted by molar-refractivity contribution is 1.04. The lowest BCUT2D eigenvalue weighted by atomic mass is 10.6. The van der Waals surface area contributed by atoms with Crippen LogP contribution in [-0.2, 0) is 0 Å². The molecule has 0 saturated heterocycles. The van der Waals surface area contributed by atoms with E-state index >= 15 is 0 Å². The Morgan fingerprint density at radius 3 is 2.60 bits per heavy atom. The number of allylic oxidation sites excluding steroid dienone is 3. The maximum absolute atomic E-state index is 3.26. The van der Waals surface area contributed by atoms with Gasteiger partial charge in [-0.2, -0.15) is 0 Å². The molecule has 0 unspecified atom stereocenters. The maximum Gasteiger partial charge on any atom is 0.0956 e. The Balaban J connectivity index is 2.66. The highest BCUT2D eigenvalue weighted by atomic mass is 28.3. The molecular formula is C9H13Si. The molecule has 0 nitrogen and oxygen atoms in total. The third kappa shape index (κ3) is 1.50. The zero-order chi connectivity index (χ0) is 7.56. The van der Waals surface area contributed by atoms with Gasteiger partial charge in [-0.25, -0.2) is 0 Å². The van der Waals surface area contributed by atoms with Crippen molar-refractivity contribution >= 4 is 8.80 Å². The minimum absolute atomic E-state index is 0.297. The summed E-state index contributed by atoms with van der Waals surface area (Å²) in [6.45, 7) is 6.92. The van der Waals surface area contributed by atoms with Gasteiger partial charge in [0.05, 0.1) is 8.80 Å². The highest BCUT2D eigenvalue weighted by molar-refractivity contribution is 6.67. The quantitative estimate of drug-likeness (QED) is 0.418. The fraction of sp³-hybridized carbons (Fsp3) is 0.444. The molecule has 0 fully saturated rings. The molecule has 1 rings (SSSR count). The van der Waals surface area contributed by atoms with Crippen molar-refractivity contribution in [2.75, 3.05) is 0 Å². The average Bonchev–Trinajstić information content (AvgIpc) is 2.36. The molecule has 10 heavy (non-hydrogen) atoms. The van der Waals surface area contributed by atoms with E-state index < -0.39 is 0 Å². The van der Waals surface area contributed by atoms with E-state index in [1.165, 1.54) is 5.20 Å². The van der Waals surface area contributed by atoms with Gasteiger partial charge in [0.15, 0.2) is 0 Å². The second-order valence-electron chi connectivity index (χ2n) is 2.92. The summed E-state index contributed by atoms with van der Waals surface area (Å²) < 4.78 is 0. The van der Waals surface area contributed by atoms with Crippen LogP contribution in [0.5, 0.6) is 0 Å². The van der Waals surface area contributed by atoms with Crippen LogP contribution in [0, 0.1) is 0 Å². The van der Waals surface area contributed by atoms with Gasteiger partial charge in [0.2, 0.25) is 0 Å². The number of hydrogen-bond donors (Lipinski definition) is 0. The molecule has 0 heterocycles. The van der Waals surface area contributed by atoms with E-state index in [4.69, 9.17) is 0 Å². The summed E-state index contributed by atoms with van der Waals surface area (Å²) in [5.41, 5.74) is 4.09. The van der Waals surface area contributed by atoms with Crippen LogP contribution in [0.2, 0.25) is 12.1 Å². The third-order valence-electron chi connectivity index (χ3n) is 1.89. The van der Waals surface area contributed by atoms with Crippen LogP contribution < -0.4 is 0 Å². The molecule has 0 aromatic carbocycles. The van der Waals surface area contributed by atoms with Crippen LogP contribution in [0.3, 0.4) is 0 Å². The predicted molar refractivity (Wildman–Crippen MR) is 47.5 cm³/mol. The molecule has 0 atom stereocenters. The van der Waals surface area contributed by atoms with Gasteiger partial charge in [0, 0.05) is 0 Å². The summed E-state index contributed by atoms with van der Waals surface area (Å²) in [5, 5.41) is 1.44. The topological polar surface area (TPSA) is 0 Å². The summed E-state index contributed by atoms with van der Waals surface area (Å²) in [4.78, 5) is 0. The van der Waals surface area contributed by atoms with Gasteiger partial charge in [0.1, 0.15) is 0 Å². The molecule has 0 saturated carbocycles. The molecule has 0 amide bonds. The summed E-state index contributed by atoms with van der Waals surface area (Å²) in [6, 6.07) is 0. The summed E-state index contributed by atoms with van der Waals surface area (Å²) in [6.07, 6.45) is 6.27. The average molecular weight is 149 g/mol. The molecule has 1 aliphatic carbocycles. The molecule has 0 spiro atoms. The molecule has 1 radical (unpaired) electrons. The largest absolute Gasteiger partial charge is 0.122 e. The molecule has 0 aromatic heterocycles. The van der Waals surface area contributed by atoms with Gasteiger partial charge < -0.3 is 0 Å². The van der Waals surface area contributed by atoms with E-state index in [1.807, 2.05) is 6.08 Å². The van der Waals surface area contributed by atoms with E-state index in [0.29, 0.717) is 0 Å². The third-order valence-corrected chi connectivity index (χ3v) is 4.78. The Labute approximate surface area is 64.6 Å². The van der Waals surface area contributed by atoms with Crippen molar-refractivity contribution in [3.63, 3.8) is 0 Å². The van der Waals surface area contributed by atoms with Crippen LogP contribution >= 0.6 is 0 Å². The number of rotatable bonds is 2. The zero-order valence-electron chi connectivity index (χ0n) is 6.81. The summed E-state index contributed by atoms with van der Waals surface area (Å²) in [5.74, 6) is 0. The Hall–Kier alpha value is -0.523. The molecule has 0 aromatic rings. The van der Waals surface area contributed by atoms with E-state index in [-0.39, 0.29) is 8.80 Å². The van der Waals surface area contributed by atoms with Crippen molar-refractivity contribution in [2.24, 2.45) is 0 Å². The highest BCUT2D eigenvalue weighted by Gasteiger charge is 2.13. The van der Waals surface area contributed by atoms with Gasteiger partial charge in [-0.3, -0.25) is 0 Å². The van der Waals surface area contributed by atoms with Gasteiger partial charge >= 0.3 is 0 Å². The number of hydrogen-bond acceptors (Lipinski definition) is 0. The Morgan fingerprint density at radius 2 is 2.20 bits per heavy atom. The predicted octanol–water partition coefficient (Wildman–Crippen LogP) is 2.71. The molecule has 1 heteroatoms. The molecule has 0 bridgehead atoms. The second-order valence-corrected chi connectivity index (χ2v) is 5.98. The first-order valence-electron chi connectivity index (χ1n) is 3.69. The van der Waals surface area contributed by atoms with Crippen LogP contribution in [0.15, 0.2) is 29.2 Å². The minimum Gasteiger partial charge on any atom is -0.122 e. The van der Waals surface area contributed by atoms with Gasteiger partial charge in [-0.05, 0) is 16.8 Å². The Bertz CT molecular complexity index is 205. The highest BCUT2D eigenvalue weighted by Crippen LogP contribution is 2.17. The first-order valence-corrected chi connectivity index (χ1v) is 5.76. The fourth-order valence-electron chi connectivity index (χ4n) is 0.887. The second kappa shape index (κ2) is 3.04. The van der Waals surface area contributed by atoms with Crippen LogP contribution in [-0.4, -0.2) is 8.80 Å². The van der Waals surface area contributed by atoms with Crippen molar-refractivity contribution in [3.05, 3.63) is 29.2 Å². The lowest BCUT2D eigenvalue weighted by Gasteiger charge is -2.10. The maximum atomic E-state index is 3.26. The van der Waals surface area contributed by atoms with E-state index in [1.54, 1.807) is 0 Å². The van der Waals surface area contributed by atoms with Crippen LogP contribution in [0.25, 0.3) is 0 Å². The normalized spacial score (nSPS) is 15.5. The molecule has 0 N–H and O–H groups in total. The standard InChI is InChI=1S/C9H13Si/c1-8(2)10(3)9-6-4-5-7-9/h4-6,8H,1-3H3. The van der Waals surface area contributed by atoms with E-state index in [0.717, 1.165) is 5.54 Å².